The third-order valence-corrected chi connectivity index (χ3v) is 4.56. The van der Waals surface area contributed by atoms with E-state index in [1.807, 2.05) is 13.0 Å². The lowest BCUT2D eigenvalue weighted by Gasteiger charge is -2.07. The lowest BCUT2D eigenvalue weighted by Crippen LogP contribution is -2.15. The second kappa shape index (κ2) is 7.40. The predicted octanol–water partition coefficient (Wildman–Crippen LogP) is 4.07. The number of rotatable bonds is 4. The fourth-order valence-corrected chi connectivity index (χ4v) is 3.06. The molecule has 1 N–H and O–H groups in total. The van der Waals surface area contributed by atoms with Gasteiger partial charge in [0.05, 0.1) is 12.5 Å². The Labute approximate surface area is 169 Å². The molecule has 4 aromatic rings. The monoisotopic (exact) mass is 411 g/mol. The molecule has 2 heterocycles. The average molecular weight is 412 g/mol. The van der Waals surface area contributed by atoms with Crippen LogP contribution in [0.3, 0.4) is 0 Å². The number of nitrogens with one attached hydrogen (secondary N) is 1. The molecule has 0 aliphatic heterocycles. The van der Waals surface area contributed by atoms with Crippen LogP contribution in [0.1, 0.15) is 16.1 Å². The van der Waals surface area contributed by atoms with E-state index in [1.165, 1.54) is 12.1 Å². The van der Waals surface area contributed by atoms with Crippen LogP contribution in [0.25, 0.3) is 22.2 Å². The largest absolute Gasteiger partial charge is 0.497 e. The number of carbonyl (C=O) groups excluding carboxylic acids is 1. The summed E-state index contributed by atoms with van der Waals surface area (Å²) in [5, 5.41) is 10.9. The number of benzene rings is 2. The molecule has 8 nitrogen and oxygen atoms in total. The number of carbonyl (C=O) groups is 1. The Morgan fingerprint density at radius 1 is 1.14 bits per heavy atom. The summed E-state index contributed by atoms with van der Waals surface area (Å²) in [4.78, 5) is 24.9. The van der Waals surface area contributed by atoms with Crippen LogP contribution in [0.5, 0.6) is 5.75 Å². The van der Waals surface area contributed by atoms with Gasteiger partial charge in [0, 0.05) is 16.7 Å². The Kier molecular flexibility index (Phi) is 4.77. The summed E-state index contributed by atoms with van der Waals surface area (Å²) < 4.78 is 15.5. The van der Waals surface area contributed by atoms with Crippen molar-refractivity contribution >= 4 is 34.3 Å². The number of hydrogen-bond donors (Lipinski definition) is 1. The van der Waals surface area contributed by atoms with Crippen LogP contribution in [-0.4, -0.2) is 23.3 Å². The molecule has 0 saturated heterocycles. The molecule has 0 aliphatic rings. The van der Waals surface area contributed by atoms with Crippen molar-refractivity contribution in [1.82, 2.24) is 10.3 Å². The van der Waals surface area contributed by atoms with Crippen molar-refractivity contribution in [3.05, 3.63) is 69.0 Å². The van der Waals surface area contributed by atoms with Gasteiger partial charge in [-0.1, -0.05) is 11.6 Å². The zero-order valence-corrected chi connectivity index (χ0v) is 16.1. The van der Waals surface area contributed by atoms with Crippen molar-refractivity contribution in [2.75, 3.05) is 12.4 Å². The highest BCUT2D eigenvalue weighted by Crippen LogP contribution is 2.30. The van der Waals surface area contributed by atoms with Crippen molar-refractivity contribution in [2.24, 2.45) is 0 Å². The zero-order chi connectivity index (χ0) is 20.5. The summed E-state index contributed by atoms with van der Waals surface area (Å²) in [6.07, 6.45) is 0. The summed E-state index contributed by atoms with van der Waals surface area (Å²) in [5.74, 6) is -0.0549. The number of anilines is 1. The van der Waals surface area contributed by atoms with Gasteiger partial charge < -0.3 is 9.15 Å². The number of amides is 1. The third kappa shape index (κ3) is 3.57. The van der Waals surface area contributed by atoms with E-state index in [4.69, 9.17) is 25.4 Å². The van der Waals surface area contributed by atoms with E-state index in [-0.39, 0.29) is 28.0 Å². The Balaban J connectivity index is 1.67. The fourth-order valence-electron chi connectivity index (χ4n) is 2.89. The topological polar surface area (TPSA) is 107 Å². The number of hydrogen-bond acceptors (Lipinski definition) is 7. The normalized spacial score (nSPS) is 10.9. The minimum absolute atomic E-state index is 0.0992. The maximum atomic E-state index is 12.6. The van der Waals surface area contributed by atoms with Crippen LogP contribution in [0.15, 0.2) is 56.3 Å². The van der Waals surface area contributed by atoms with E-state index in [0.717, 1.165) is 11.6 Å². The van der Waals surface area contributed by atoms with Crippen LogP contribution >= 0.6 is 11.6 Å². The number of ether oxygens (including phenoxy) is 1. The summed E-state index contributed by atoms with van der Waals surface area (Å²) in [5.41, 5.74) is 1.76. The maximum absolute atomic E-state index is 12.6. The fraction of sp³-hybridized carbons (Fsp3) is 0.100. The summed E-state index contributed by atoms with van der Waals surface area (Å²) >= 11 is 5.90. The third-order valence-electron chi connectivity index (χ3n) is 4.32. The smallest absolute Gasteiger partial charge is 0.292 e. The molecular weight excluding hydrogens is 398 g/mol. The van der Waals surface area contributed by atoms with Gasteiger partial charge in [-0.05, 0) is 59.2 Å². The standard InChI is InChI=1S/C20H14ClN3O5/c1-10-7-12(27-2)4-5-13(10)18-19(24-29-23-18)22-20(26)17-9-15(25)14-8-11(21)3-6-16(14)28-17/h3-9H,1-2H3,(H,22,24,26). The molecule has 0 saturated carbocycles. The first-order valence-electron chi connectivity index (χ1n) is 8.48. The Bertz CT molecular complexity index is 1300. The lowest BCUT2D eigenvalue weighted by atomic mass is 10.1. The Hall–Kier alpha value is -3.65. The molecular formula is C20H14ClN3O5. The second-order valence-corrected chi connectivity index (χ2v) is 6.65. The molecule has 29 heavy (non-hydrogen) atoms. The van der Waals surface area contributed by atoms with E-state index in [9.17, 15) is 9.59 Å². The van der Waals surface area contributed by atoms with E-state index in [0.29, 0.717) is 22.0 Å². The van der Waals surface area contributed by atoms with Gasteiger partial charge in [0.1, 0.15) is 11.3 Å². The summed E-state index contributed by atoms with van der Waals surface area (Å²) in [6.45, 7) is 1.87. The molecule has 0 unspecified atom stereocenters. The SMILES string of the molecule is COc1ccc(-c2nonc2NC(=O)c2cc(=O)c3cc(Cl)ccc3o2)c(C)c1. The van der Waals surface area contributed by atoms with Crippen molar-refractivity contribution in [3.63, 3.8) is 0 Å². The van der Waals surface area contributed by atoms with E-state index in [1.54, 1.807) is 25.3 Å². The molecule has 9 heteroatoms. The highest BCUT2D eigenvalue weighted by atomic mass is 35.5. The van der Waals surface area contributed by atoms with Crippen molar-refractivity contribution < 1.29 is 18.6 Å². The highest BCUT2D eigenvalue weighted by Gasteiger charge is 2.20. The zero-order valence-electron chi connectivity index (χ0n) is 15.4. The van der Waals surface area contributed by atoms with Crippen molar-refractivity contribution in [2.45, 2.75) is 6.92 Å². The van der Waals surface area contributed by atoms with Gasteiger partial charge in [-0.25, -0.2) is 4.63 Å². The van der Waals surface area contributed by atoms with Gasteiger partial charge in [-0.3, -0.25) is 14.9 Å². The van der Waals surface area contributed by atoms with Crippen LogP contribution < -0.4 is 15.5 Å². The van der Waals surface area contributed by atoms with E-state index in [2.05, 4.69) is 15.6 Å². The molecule has 0 fully saturated rings. The number of halogens is 1. The molecule has 0 bridgehead atoms. The van der Waals surface area contributed by atoms with Gasteiger partial charge in [0.25, 0.3) is 5.91 Å². The van der Waals surface area contributed by atoms with E-state index >= 15 is 0 Å². The molecule has 0 atom stereocenters. The first-order valence-corrected chi connectivity index (χ1v) is 8.86. The number of methoxy groups -OCH3 is 1. The van der Waals surface area contributed by atoms with Gasteiger partial charge >= 0.3 is 0 Å². The van der Waals surface area contributed by atoms with Gasteiger partial charge in [0.15, 0.2) is 16.9 Å². The number of aryl methyl sites for hydroxylation is 1. The second-order valence-electron chi connectivity index (χ2n) is 6.21. The van der Waals surface area contributed by atoms with E-state index < -0.39 is 5.91 Å². The quantitative estimate of drug-likeness (QED) is 0.539. The van der Waals surface area contributed by atoms with Crippen molar-refractivity contribution in [3.8, 4) is 17.0 Å². The van der Waals surface area contributed by atoms with Crippen LogP contribution in [0, 0.1) is 6.92 Å². The van der Waals surface area contributed by atoms with Crippen molar-refractivity contribution in [1.29, 1.82) is 0 Å². The molecule has 2 aromatic heterocycles. The molecule has 1 amide bonds. The number of nitrogens with zero attached hydrogens (tertiary/aromatic N) is 2. The van der Waals surface area contributed by atoms with Crippen LogP contribution in [-0.2, 0) is 0 Å². The number of fused-ring (bicyclic) bond motifs is 1. The molecule has 2 aromatic carbocycles. The van der Waals surface area contributed by atoms with Crippen LogP contribution in [0.4, 0.5) is 5.82 Å². The predicted molar refractivity (Wildman–Crippen MR) is 106 cm³/mol. The maximum Gasteiger partial charge on any atom is 0.292 e. The number of aromatic nitrogens is 2. The minimum Gasteiger partial charge on any atom is -0.497 e. The molecule has 0 aliphatic carbocycles. The summed E-state index contributed by atoms with van der Waals surface area (Å²) in [7, 11) is 1.57. The first kappa shape index (κ1) is 18.7. The van der Waals surface area contributed by atoms with Crippen LogP contribution in [0.2, 0.25) is 5.02 Å². The summed E-state index contributed by atoms with van der Waals surface area (Å²) in [6, 6.07) is 11.0. The van der Waals surface area contributed by atoms with Gasteiger partial charge in [-0.15, -0.1) is 0 Å². The minimum atomic E-state index is -0.665. The highest BCUT2D eigenvalue weighted by molar-refractivity contribution is 6.31. The first-order chi connectivity index (χ1) is 14.0. The Morgan fingerprint density at radius 3 is 2.72 bits per heavy atom. The lowest BCUT2D eigenvalue weighted by molar-refractivity contribution is 0.0996. The average Bonchev–Trinajstić information content (AvgIpc) is 3.16. The molecule has 0 radical (unpaired) electrons. The molecule has 4 rings (SSSR count). The Morgan fingerprint density at radius 2 is 1.97 bits per heavy atom. The molecule has 0 spiro atoms. The molecule has 146 valence electrons. The van der Waals surface area contributed by atoms with Gasteiger partial charge in [0.2, 0.25) is 5.82 Å². The van der Waals surface area contributed by atoms with Gasteiger partial charge in [-0.2, -0.15) is 0 Å².